The highest BCUT2D eigenvalue weighted by molar-refractivity contribution is 5.85. The molecule has 2 saturated carbocycles. The van der Waals surface area contributed by atoms with Crippen molar-refractivity contribution in [3.05, 3.63) is 0 Å². The second-order valence-corrected chi connectivity index (χ2v) is 6.92. The highest BCUT2D eigenvalue weighted by Crippen LogP contribution is 2.34. The first-order valence-corrected chi connectivity index (χ1v) is 8.30. The Bertz CT molecular complexity index is 296. The van der Waals surface area contributed by atoms with E-state index in [4.69, 9.17) is 0 Å². The second kappa shape index (κ2) is 7.65. The van der Waals surface area contributed by atoms with E-state index >= 15 is 0 Å². The van der Waals surface area contributed by atoms with Gasteiger partial charge in [-0.05, 0) is 75.8 Å². The Labute approximate surface area is 129 Å². The van der Waals surface area contributed by atoms with E-state index in [1.54, 1.807) is 0 Å². The summed E-state index contributed by atoms with van der Waals surface area (Å²) in [6.45, 7) is 4.41. The van der Waals surface area contributed by atoms with Crippen LogP contribution in [-0.4, -0.2) is 37.0 Å². The van der Waals surface area contributed by atoms with E-state index in [-0.39, 0.29) is 12.4 Å². The van der Waals surface area contributed by atoms with Crippen LogP contribution in [0.25, 0.3) is 0 Å². The Balaban J connectivity index is 0.00000147. The van der Waals surface area contributed by atoms with Gasteiger partial charge in [0.1, 0.15) is 0 Å². The molecule has 1 saturated heterocycles. The maximum Gasteiger partial charge on any atom is 0.222 e. The van der Waals surface area contributed by atoms with Crippen molar-refractivity contribution in [1.82, 2.24) is 10.2 Å². The van der Waals surface area contributed by atoms with Crippen LogP contribution >= 0.6 is 12.4 Å². The van der Waals surface area contributed by atoms with E-state index in [0.717, 1.165) is 56.8 Å². The molecule has 0 aromatic heterocycles. The van der Waals surface area contributed by atoms with Crippen LogP contribution in [0.5, 0.6) is 0 Å². The molecule has 0 aromatic carbocycles. The van der Waals surface area contributed by atoms with Crippen molar-refractivity contribution < 1.29 is 4.79 Å². The monoisotopic (exact) mass is 300 g/mol. The lowest BCUT2D eigenvalue weighted by Gasteiger charge is -2.26. The van der Waals surface area contributed by atoms with E-state index in [1.165, 1.54) is 38.5 Å². The van der Waals surface area contributed by atoms with Gasteiger partial charge in [0.15, 0.2) is 0 Å². The van der Waals surface area contributed by atoms with Crippen LogP contribution in [0.4, 0.5) is 0 Å². The third kappa shape index (κ3) is 5.25. The van der Waals surface area contributed by atoms with Crippen molar-refractivity contribution in [2.75, 3.05) is 26.2 Å². The number of piperidine rings is 1. The molecular weight excluding hydrogens is 272 g/mol. The lowest BCUT2D eigenvalue weighted by atomic mass is 9.93. The van der Waals surface area contributed by atoms with Gasteiger partial charge in [-0.15, -0.1) is 12.4 Å². The number of amides is 1. The third-order valence-electron chi connectivity index (χ3n) is 4.93. The quantitative estimate of drug-likeness (QED) is 0.784. The molecule has 4 heteroatoms. The fraction of sp³-hybridized carbons (Fsp3) is 0.938. The molecule has 3 rings (SSSR count). The zero-order valence-corrected chi connectivity index (χ0v) is 13.3. The Kier molecular flexibility index (Phi) is 6.16. The lowest BCUT2D eigenvalue weighted by Crippen LogP contribution is -2.35. The van der Waals surface area contributed by atoms with Gasteiger partial charge in [0.2, 0.25) is 5.91 Å². The van der Waals surface area contributed by atoms with Gasteiger partial charge in [0, 0.05) is 19.5 Å². The Morgan fingerprint density at radius 3 is 1.95 bits per heavy atom. The number of nitrogens with zero attached hydrogens (tertiary/aromatic N) is 1. The molecule has 0 atom stereocenters. The molecule has 0 spiro atoms. The second-order valence-electron chi connectivity index (χ2n) is 6.92. The summed E-state index contributed by atoms with van der Waals surface area (Å²) in [6, 6.07) is 0. The molecule has 20 heavy (non-hydrogen) atoms. The molecule has 1 heterocycles. The maximum absolute atomic E-state index is 12.4. The lowest BCUT2D eigenvalue weighted by molar-refractivity contribution is -0.132. The van der Waals surface area contributed by atoms with Crippen LogP contribution in [0.1, 0.15) is 51.4 Å². The smallest absolute Gasteiger partial charge is 0.222 e. The minimum Gasteiger partial charge on any atom is -0.342 e. The van der Waals surface area contributed by atoms with Crippen LogP contribution in [-0.2, 0) is 4.79 Å². The molecule has 3 fully saturated rings. The van der Waals surface area contributed by atoms with E-state index in [2.05, 4.69) is 10.2 Å². The van der Waals surface area contributed by atoms with Gasteiger partial charge >= 0.3 is 0 Å². The normalized spacial score (nSPS) is 23.2. The fourth-order valence-electron chi connectivity index (χ4n) is 3.16. The van der Waals surface area contributed by atoms with Crippen molar-refractivity contribution in [2.45, 2.75) is 51.4 Å². The summed E-state index contributed by atoms with van der Waals surface area (Å²) >= 11 is 0. The average Bonchev–Trinajstić information content (AvgIpc) is 3.31. The molecule has 1 amide bonds. The molecule has 1 aliphatic heterocycles. The third-order valence-corrected chi connectivity index (χ3v) is 4.93. The number of hydrogen-bond acceptors (Lipinski definition) is 2. The van der Waals surface area contributed by atoms with E-state index < -0.39 is 0 Å². The van der Waals surface area contributed by atoms with Crippen molar-refractivity contribution in [3.63, 3.8) is 0 Å². The first-order valence-electron chi connectivity index (χ1n) is 8.30. The van der Waals surface area contributed by atoms with Crippen molar-refractivity contribution >= 4 is 18.3 Å². The summed E-state index contributed by atoms with van der Waals surface area (Å²) in [4.78, 5) is 14.6. The summed E-state index contributed by atoms with van der Waals surface area (Å²) in [6.07, 6.45) is 9.84. The van der Waals surface area contributed by atoms with Gasteiger partial charge in [0.25, 0.3) is 0 Å². The fourth-order valence-corrected chi connectivity index (χ4v) is 3.16. The summed E-state index contributed by atoms with van der Waals surface area (Å²) in [5.41, 5.74) is 0. The SMILES string of the molecule is Cl.O=C(CCC1CCNCC1)N(CC1CC1)CC1CC1. The highest BCUT2D eigenvalue weighted by atomic mass is 35.5. The number of nitrogens with one attached hydrogen (secondary N) is 1. The standard InChI is InChI=1S/C16H28N2O.ClH/c19-16(6-5-13-7-9-17-10-8-13)18(11-14-1-2-14)12-15-3-4-15;/h13-15,17H,1-12H2;1H. The first-order chi connectivity index (χ1) is 9.31. The van der Waals surface area contributed by atoms with Gasteiger partial charge in [-0.25, -0.2) is 0 Å². The Hall–Kier alpha value is -0.280. The number of carbonyl (C=O) groups is 1. The molecule has 0 unspecified atom stereocenters. The number of carbonyl (C=O) groups excluding carboxylic acids is 1. The Morgan fingerprint density at radius 1 is 0.900 bits per heavy atom. The minimum atomic E-state index is 0. The predicted octanol–water partition coefficient (Wildman–Crippen LogP) is 2.84. The summed E-state index contributed by atoms with van der Waals surface area (Å²) in [7, 11) is 0. The zero-order valence-electron chi connectivity index (χ0n) is 12.5. The van der Waals surface area contributed by atoms with E-state index in [0.29, 0.717) is 5.91 Å². The molecule has 0 aromatic rings. The van der Waals surface area contributed by atoms with Crippen LogP contribution in [0, 0.1) is 17.8 Å². The first kappa shape index (κ1) is 16.1. The van der Waals surface area contributed by atoms with Crippen LogP contribution < -0.4 is 5.32 Å². The van der Waals surface area contributed by atoms with Crippen molar-refractivity contribution in [1.29, 1.82) is 0 Å². The van der Waals surface area contributed by atoms with Crippen LogP contribution in [0.2, 0.25) is 0 Å². The van der Waals surface area contributed by atoms with Gasteiger partial charge in [-0.3, -0.25) is 4.79 Å². The van der Waals surface area contributed by atoms with Gasteiger partial charge in [0.05, 0.1) is 0 Å². The predicted molar refractivity (Wildman–Crippen MR) is 84.1 cm³/mol. The van der Waals surface area contributed by atoms with Crippen molar-refractivity contribution in [3.8, 4) is 0 Å². The largest absolute Gasteiger partial charge is 0.342 e. The summed E-state index contributed by atoms with van der Waals surface area (Å²) < 4.78 is 0. The van der Waals surface area contributed by atoms with Crippen LogP contribution in [0.15, 0.2) is 0 Å². The molecule has 116 valence electrons. The highest BCUT2D eigenvalue weighted by Gasteiger charge is 2.31. The number of rotatable bonds is 7. The molecule has 2 aliphatic carbocycles. The minimum absolute atomic E-state index is 0. The molecule has 3 aliphatic rings. The van der Waals surface area contributed by atoms with Gasteiger partial charge in [-0.2, -0.15) is 0 Å². The maximum atomic E-state index is 12.4. The molecule has 3 nitrogen and oxygen atoms in total. The number of halogens is 1. The topological polar surface area (TPSA) is 32.3 Å². The molecule has 0 bridgehead atoms. The van der Waals surface area contributed by atoms with E-state index in [9.17, 15) is 4.79 Å². The van der Waals surface area contributed by atoms with Crippen molar-refractivity contribution in [2.24, 2.45) is 17.8 Å². The van der Waals surface area contributed by atoms with Gasteiger partial charge < -0.3 is 10.2 Å². The van der Waals surface area contributed by atoms with E-state index in [1.807, 2.05) is 0 Å². The van der Waals surface area contributed by atoms with Gasteiger partial charge in [-0.1, -0.05) is 0 Å². The number of hydrogen-bond donors (Lipinski definition) is 1. The van der Waals surface area contributed by atoms with Crippen LogP contribution in [0.3, 0.4) is 0 Å². The molecule has 0 radical (unpaired) electrons. The zero-order chi connectivity index (χ0) is 13.1. The average molecular weight is 301 g/mol. The summed E-state index contributed by atoms with van der Waals surface area (Å²) in [5, 5.41) is 3.40. The molecular formula is C16H29ClN2O. The summed E-state index contributed by atoms with van der Waals surface area (Å²) in [5.74, 6) is 2.90. The Morgan fingerprint density at radius 2 is 1.45 bits per heavy atom. The molecule has 1 N–H and O–H groups in total.